The molecule has 0 bridgehead atoms. The second-order valence-electron chi connectivity index (χ2n) is 13.5. The summed E-state index contributed by atoms with van der Waals surface area (Å²) in [4.78, 5) is 95.3. The number of ether oxygens (including phenoxy) is 2. The number of aliphatic hydroxyl groups is 10. The van der Waals surface area contributed by atoms with Crippen LogP contribution in [0.25, 0.3) is 0 Å². The Labute approximate surface area is 412 Å². The molecule has 0 heterocycles. The van der Waals surface area contributed by atoms with Crippen LogP contribution in [0.15, 0.2) is 10.3 Å². The Morgan fingerprint density at radius 2 is 0.836 bits per heavy atom. The van der Waals surface area contributed by atoms with E-state index in [2.05, 4.69) is 30.6 Å². The molecule has 2 amide bonds. The van der Waals surface area contributed by atoms with Gasteiger partial charge in [0.2, 0.25) is 25.0 Å². The quantitative estimate of drug-likeness (QED) is 0.0118. The third-order valence-electron chi connectivity index (χ3n) is 8.14. The first-order chi connectivity index (χ1) is 30.6. The van der Waals surface area contributed by atoms with Crippen LogP contribution in [0.2, 0.25) is 0 Å². The minimum atomic E-state index is -1.96. The summed E-state index contributed by atoms with van der Waals surface area (Å²) in [6.45, 7) is -9.16. The molecule has 0 aromatic rings. The van der Waals surface area contributed by atoms with Crippen molar-refractivity contribution in [2.75, 3.05) is 112 Å². The van der Waals surface area contributed by atoms with Crippen LogP contribution in [0.3, 0.4) is 0 Å². The molecule has 0 aliphatic heterocycles. The molecular weight excluding hydrogens is 1060 g/mol. The van der Waals surface area contributed by atoms with Gasteiger partial charge in [0, 0.05) is 45.8 Å². The van der Waals surface area contributed by atoms with Crippen molar-refractivity contribution in [3.63, 3.8) is 0 Å². The standard InChI is InChI=1S/C34H59N7O24.Gd.H2O/c42-16-22(46)33(60)31(58)20(44)9-37-64-18-29(56)62-7-1-35-24(48)11-40(14-27(52)53)5-3-39(13-26(50)51)4-6-41(15-28(54)55)12-25(49)36-2-8-63-30(57)19-65-38-10-21(45)32(59)34(61)23(47)17-43;;/h9-10,20-23,31-34,42-47,58-61H,1-8,11-19H2,(H,35,48)(H,36,49)(H,50,51)(H,52,53)(H,54,55);;1H2/q;+3;/p-3/b37-9+,38-10+;;/t20-,21-,22+,23+,31+,32+,33-,34-;;/m0../s1. The maximum absolute atomic E-state index is 12.5. The molecule has 0 rings (SSSR count). The van der Waals surface area contributed by atoms with Gasteiger partial charge in [0.15, 0.2) is 0 Å². The maximum atomic E-state index is 12.5. The molecule has 0 aromatic carbocycles. The van der Waals surface area contributed by atoms with Crippen molar-refractivity contribution in [2.24, 2.45) is 10.3 Å². The van der Waals surface area contributed by atoms with E-state index in [1.54, 1.807) is 0 Å². The number of aliphatic hydroxyl groups excluding tert-OH is 10. The van der Waals surface area contributed by atoms with Crippen molar-refractivity contribution in [2.45, 2.75) is 48.8 Å². The van der Waals surface area contributed by atoms with Gasteiger partial charge in [-0.3, -0.25) is 24.3 Å². The summed E-state index contributed by atoms with van der Waals surface area (Å²) < 4.78 is 9.62. The van der Waals surface area contributed by atoms with Crippen molar-refractivity contribution in [3.8, 4) is 0 Å². The molecule has 0 aromatic heterocycles. The third-order valence-corrected chi connectivity index (χ3v) is 8.14. The van der Waals surface area contributed by atoms with E-state index in [4.69, 9.17) is 19.7 Å². The van der Waals surface area contributed by atoms with Gasteiger partial charge in [-0.25, -0.2) is 9.59 Å². The van der Waals surface area contributed by atoms with E-state index < -0.39 is 163 Å². The fourth-order valence-electron chi connectivity index (χ4n) is 4.77. The molecule has 33 heteroatoms. The van der Waals surface area contributed by atoms with E-state index in [1.807, 2.05) is 0 Å². The van der Waals surface area contributed by atoms with E-state index in [1.165, 1.54) is 4.90 Å². The Kier molecular flexibility index (Phi) is 39.1. The molecule has 0 fully saturated rings. The molecule has 8 atom stereocenters. The van der Waals surface area contributed by atoms with Crippen molar-refractivity contribution in [3.05, 3.63) is 0 Å². The van der Waals surface area contributed by atoms with Crippen molar-refractivity contribution in [1.82, 2.24) is 25.3 Å². The largest absolute Gasteiger partial charge is 3.00 e. The van der Waals surface area contributed by atoms with Gasteiger partial charge in [-0.15, -0.1) is 0 Å². The topological polar surface area (TPSA) is 518 Å². The fraction of sp³-hybridized carbons (Fsp3) is 0.735. The summed E-state index contributed by atoms with van der Waals surface area (Å²) in [6.07, 6.45) is -13.8. The first kappa shape index (κ1) is 67.3. The average molecular weight is 1120 g/mol. The molecule has 0 unspecified atom stereocenters. The summed E-state index contributed by atoms with van der Waals surface area (Å²) >= 11 is 0. The van der Waals surface area contributed by atoms with Gasteiger partial charge >= 0.3 is 51.9 Å². The zero-order valence-electron chi connectivity index (χ0n) is 35.6. The van der Waals surface area contributed by atoms with Crippen LogP contribution in [0.5, 0.6) is 0 Å². The molecule has 387 valence electrons. The molecule has 0 aliphatic carbocycles. The van der Waals surface area contributed by atoms with Gasteiger partial charge in [0.05, 0.1) is 69.7 Å². The van der Waals surface area contributed by atoms with Gasteiger partial charge in [0.25, 0.3) is 0 Å². The van der Waals surface area contributed by atoms with E-state index >= 15 is 0 Å². The molecule has 0 saturated heterocycles. The molecule has 14 N–H and O–H groups in total. The zero-order valence-corrected chi connectivity index (χ0v) is 37.8. The van der Waals surface area contributed by atoms with Crippen LogP contribution in [0.1, 0.15) is 0 Å². The van der Waals surface area contributed by atoms with Crippen molar-refractivity contribution >= 4 is 54.1 Å². The number of nitrogens with one attached hydrogen (secondary N) is 2. The fourth-order valence-corrected chi connectivity index (χ4v) is 4.77. The van der Waals surface area contributed by atoms with E-state index in [9.17, 15) is 89.7 Å². The van der Waals surface area contributed by atoms with Crippen LogP contribution in [-0.4, -0.2) is 286 Å². The molecule has 0 aliphatic rings. The Morgan fingerprint density at radius 1 is 0.522 bits per heavy atom. The number of carbonyl (C=O) groups is 7. The van der Waals surface area contributed by atoms with Gasteiger partial charge in [-0.1, -0.05) is 10.3 Å². The van der Waals surface area contributed by atoms with Crippen LogP contribution in [0.4, 0.5) is 0 Å². The number of amides is 2. The van der Waals surface area contributed by atoms with Crippen molar-refractivity contribution < 1.29 is 165 Å². The molecule has 0 spiro atoms. The Bertz CT molecular complexity index is 1420. The number of oxime groups is 2. The predicted molar refractivity (Wildman–Crippen MR) is 207 cm³/mol. The van der Waals surface area contributed by atoms with Gasteiger partial charge in [0.1, 0.15) is 62.0 Å². The summed E-state index contributed by atoms with van der Waals surface area (Å²) in [5.74, 6) is -8.30. The van der Waals surface area contributed by atoms with E-state index in [-0.39, 0.29) is 84.7 Å². The first-order valence-corrected chi connectivity index (χ1v) is 19.2. The van der Waals surface area contributed by atoms with E-state index in [0.717, 1.165) is 9.80 Å². The summed E-state index contributed by atoms with van der Waals surface area (Å²) in [6, 6.07) is 0. The summed E-state index contributed by atoms with van der Waals surface area (Å²) in [7, 11) is 0. The minimum Gasteiger partial charge on any atom is -0.549 e. The number of nitrogens with zero attached hydrogens (tertiary/aromatic N) is 5. The predicted octanol–water partition coefficient (Wildman–Crippen LogP) is -15.5. The Hall–Kier alpha value is -4.01. The van der Waals surface area contributed by atoms with Gasteiger partial charge in [-0.05, 0) is 0 Å². The number of esters is 2. The second-order valence-corrected chi connectivity index (χ2v) is 13.5. The SMILES string of the molecule is O.O=C([O-])CN(CCN(CC(=O)[O-])CC(=O)NCCOC(=O)CO/N=C/[C@H](O)[C@@H](O)[C@@H](O)[C@H](O)CO)CCN(CC(=O)[O-])CC(=O)NCCOC(=O)CO/N=C/[C@H](O)[C@@H](O)[C@@H](O)[C@H](O)CO.[Gd+3]. The number of hydrogen-bond donors (Lipinski definition) is 12. The number of carboxylic acid groups (broad SMARTS) is 3. The van der Waals surface area contributed by atoms with Crippen LogP contribution in [-0.2, 0) is 52.7 Å². The maximum Gasteiger partial charge on any atom is 3.00 e. The molecule has 1 radical (unpaired) electrons. The zero-order chi connectivity index (χ0) is 49.5. The number of carbonyl (C=O) groups excluding carboxylic acids is 7. The Balaban J connectivity index is -0.0000205. The van der Waals surface area contributed by atoms with Gasteiger partial charge < -0.3 is 116 Å². The van der Waals surface area contributed by atoms with Crippen LogP contribution < -0.4 is 26.0 Å². The van der Waals surface area contributed by atoms with Crippen LogP contribution >= 0.6 is 0 Å². The number of aliphatic carboxylic acids is 3. The normalized spacial score (nSPS) is 15.0. The van der Waals surface area contributed by atoms with Crippen molar-refractivity contribution in [1.29, 1.82) is 0 Å². The molecule has 32 nitrogen and oxygen atoms in total. The first-order valence-electron chi connectivity index (χ1n) is 19.2. The Morgan fingerprint density at radius 3 is 1.15 bits per heavy atom. The number of carboxylic acids is 3. The smallest absolute Gasteiger partial charge is 0.549 e. The number of rotatable bonds is 38. The summed E-state index contributed by atoms with van der Waals surface area (Å²) in [5, 5.41) is 139. The summed E-state index contributed by atoms with van der Waals surface area (Å²) in [5.41, 5.74) is 0. The van der Waals surface area contributed by atoms with Crippen LogP contribution in [0, 0.1) is 39.9 Å². The average Bonchev–Trinajstić information content (AvgIpc) is 3.25. The minimum absolute atomic E-state index is 0. The number of hydrogen-bond acceptors (Lipinski definition) is 29. The molecule has 67 heavy (non-hydrogen) atoms. The molecular formula is C34H58GdN7O25. The molecule has 0 saturated carbocycles. The van der Waals surface area contributed by atoms with Gasteiger partial charge in [-0.2, -0.15) is 0 Å². The third kappa shape index (κ3) is 33.2. The van der Waals surface area contributed by atoms with E-state index in [0.29, 0.717) is 12.4 Å². The second kappa shape index (κ2) is 38.9. The monoisotopic (exact) mass is 1120 g/mol.